The van der Waals surface area contributed by atoms with Gasteiger partial charge in [0.1, 0.15) is 0 Å². The molecule has 3 rings (SSSR count). The number of hydrogen-bond acceptors (Lipinski definition) is 6. The summed E-state index contributed by atoms with van der Waals surface area (Å²) in [6.07, 6.45) is 3.82. The minimum absolute atomic E-state index is 0.000476. The number of benzene rings is 2. The smallest absolute Gasteiger partial charge is 0.243 e. The van der Waals surface area contributed by atoms with Crippen molar-refractivity contribution in [1.82, 2.24) is 9.03 Å². The van der Waals surface area contributed by atoms with Gasteiger partial charge >= 0.3 is 0 Å². The van der Waals surface area contributed by atoms with Gasteiger partial charge in [0.2, 0.25) is 26.0 Å². The molecule has 1 fully saturated rings. The van der Waals surface area contributed by atoms with Crippen LogP contribution in [-0.2, 0) is 29.6 Å². The lowest BCUT2D eigenvalue weighted by molar-refractivity contribution is -0.116. The van der Waals surface area contributed by atoms with E-state index in [1.807, 2.05) is 6.92 Å². The van der Waals surface area contributed by atoms with Gasteiger partial charge in [-0.3, -0.25) is 4.79 Å². The Morgan fingerprint density at radius 3 is 2.23 bits per heavy atom. The zero-order chi connectivity index (χ0) is 25.5. The van der Waals surface area contributed by atoms with E-state index in [9.17, 15) is 21.6 Å². The maximum absolute atomic E-state index is 13.3. The number of nitrogens with zero attached hydrogens (tertiary/aromatic N) is 1. The van der Waals surface area contributed by atoms with Gasteiger partial charge in [0, 0.05) is 25.4 Å². The second-order valence-electron chi connectivity index (χ2n) is 8.71. The Hall–Kier alpha value is -2.31. The normalized spacial score (nSPS) is 18.9. The van der Waals surface area contributed by atoms with Gasteiger partial charge in [-0.25, -0.2) is 21.6 Å². The molecule has 11 heteroatoms. The summed E-state index contributed by atoms with van der Waals surface area (Å²) >= 11 is 0. The molecule has 0 heterocycles. The quantitative estimate of drug-likeness (QED) is 0.467. The highest BCUT2D eigenvalue weighted by Crippen LogP contribution is 2.26. The van der Waals surface area contributed by atoms with E-state index < -0.39 is 32.5 Å². The van der Waals surface area contributed by atoms with E-state index in [0.29, 0.717) is 5.69 Å². The van der Waals surface area contributed by atoms with Crippen LogP contribution in [0.4, 0.5) is 5.69 Å². The highest BCUT2D eigenvalue weighted by molar-refractivity contribution is 7.89. The highest BCUT2D eigenvalue weighted by Gasteiger charge is 2.29. The fourth-order valence-corrected chi connectivity index (χ4v) is 6.82. The Morgan fingerprint density at radius 2 is 1.60 bits per heavy atom. The molecule has 0 aromatic heterocycles. The van der Waals surface area contributed by atoms with E-state index in [4.69, 9.17) is 4.74 Å². The first-order valence-electron chi connectivity index (χ1n) is 11.6. The van der Waals surface area contributed by atoms with Crippen LogP contribution < -0.4 is 10.0 Å². The van der Waals surface area contributed by atoms with Gasteiger partial charge in [-0.1, -0.05) is 38.0 Å². The van der Waals surface area contributed by atoms with Crippen molar-refractivity contribution in [3.8, 4) is 0 Å². The summed E-state index contributed by atoms with van der Waals surface area (Å²) in [5.74, 6) is -0.254. The molecule has 2 N–H and O–H groups in total. The maximum Gasteiger partial charge on any atom is 0.243 e. The third-order valence-electron chi connectivity index (χ3n) is 6.11. The molecule has 0 radical (unpaired) electrons. The lowest BCUT2D eigenvalue weighted by Gasteiger charge is -2.29. The van der Waals surface area contributed by atoms with Crippen LogP contribution in [0.5, 0.6) is 0 Å². The summed E-state index contributed by atoms with van der Waals surface area (Å²) in [5.41, 5.74) is 0.552. The van der Waals surface area contributed by atoms with Gasteiger partial charge in [0.15, 0.2) is 0 Å². The molecule has 0 spiro atoms. The van der Waals surface area contributed by atoms with Crippen molar-refractivity contribution in [2.45, 2.75) is 48.4 Å². The van der Waals surface area contributed by atoms with Crippen molar-refractivity contribution in [3.05, 3.63) is 54.6 Å². The Balaban J connectivity index is 1.75. The minimum Gasteiger partial charge on any atom is -0.383 e. The summed E-state index contributed by atoms with van der Waals surface area (Å²) in [6.45, 7) is 1.67. The van der Waals surface area contributed by atoms with Crippen LogP contribution in [0.2, 0.25) is 0 Å². The lowest BCUT2D eigenvalue weighted by atomic mass is 9.87. The number of carbonyl (C=O) groups excluding carboxylic acids is 1. The first-order chi connectivity index (χ1) is 16.6. The molecular weight excluding hydrogens is 490 g/mol. The largest absolute Gasteiger partial charge is 0.383 e. The van der Waals surface area contributed by atoms with E-state index in [1.54, 1.807) is 30.3 Å². The Bertz CT molecular complexity index is 1190. The van der Waals surface area contributed by atoms with Gasteiger partial charge < -0.3 is 10.1 Å². The van der Waals surface area contributed by atoms with Crippen LogP contribution in [0.3, 0.4) is 0 Å². The van der Waals surface area contributed by atoms with Gasteiger partial charge in [-0.15, -0.1) is 0 Å². The molecule has 0 bridgehead atoms. The Morgan fingerprint density at radius 1 is 0.971 bits per heavy atom. The molecule has 9 nitrogen and oxygen atoms in total. The average Bonchev–Trinajstić information content (AvgIpc) is 2.83. The van der Waals surface area contributed by atoms with E-state index in [1.165, 1.54) is 31.4 Å². The molecule has 0 saturated heterocycles. The molecule has 1 aliphatic carbocycles. The van der Waals surface area contributed by atoms with Crippen LogP contribution in [0.25, 0.3) is 0 Å². The third kappa shape index (κ3) is 7.34. The molecule has 1 aliphatic rings. The fraction of sp³-hybridized carbons (Fsp3) is 0.458. The number of amides is 1. The molecule has 1 amide bonds. The lowest BCUT2D eigenvalue weighted by Crippen LogP contribution is -2.41. The van der Waals surface area contributed by atoms with Crippen LogP contribution in [0.15, 0.2) is 64.4 Å². The van der Waals surface area contributed by atoms with Gasteiger partial charge in [0.25, 0.3) is 0 Å². The summed E-state index contributed by atoms with van der Waals surface area (Å²) in [6, 6.07) is 13.7. The third-order valence-corrected chi connectivity index (χ3v) is 9.48. The van der Waals surface area contributed by atoms with E-state index in [-0.39, 0.29) is 34.9 Å². The number of anilines is 1. The second-order valence-corrected chi connectivity index (χ2v) is 12.4. The summed E-state index contributed by atoms with van der Waals surface area (Å²) in [7, 11) is -6.43. The molecule has 35 heavy (non-hydrogen) atoms. The fourth-order valence-electron chi connectivity index (χ4n) is 4.06. The minimum atomic E-state index is -4.08. The molecule has 1 saturated carbocycles. The predicted molar refractivity (Wildman–Crippen MR) is 134 cm³/mol. The number of carbonyl (C=O) groups is 1. The first kappa shape index (κ1) is 27.3. The average molecular weight is 524 g/mol. The van der Waals surface area contributed by atoms with Crippen LogP contribution in [0, 0.1) is 5.92 Å². The number of rotatable bonds is 11. The number of methoxy groups -OCH3 is 1. The zero-order valence-corrected chi connectivity index (χ0v) is 21.6. The number of ether oxygens (including phenoxy) is 1. The Kier molecular flexibility index (Phi) is 9.42. The van der Waals surface area contributed by atoms with Crippen LogP contribution in [0.1, 0.15) is 32.6 Å². The van der Waals surface area contributed by atoms with Crippen LogP contribution >= 0.6 is 0 Å². The van der Waals surface area contributed by atoms with Crippen molar-refractivity contribution in [2.24, 2.45) is 5.92 Å². The maximum atomic E-state index is 13.3. The molecule has 192 valence electrons. The van der Waals surface area contributed by atoms with E-state index in [2.05, 4.69) is 10.0 Å². The molecule has 0 aliphatic heterocycles. The van der Waals surface area contributed by atoms with E-state index >= 15 is 0 Å². The second kappa shape index (κ2) is 12.1. The number of nitrogens with one attached hydrogen (secondary N) is 2. The topological polar surface area (TPSA) is 122 Å². The van der Waals surface area contributed by atoms with Crippen LogP contribution in [-0.4, -0.2) is 59.9 Å². The molecule has 2 aromatic carbocycles. The highest BCUT2D eigenvalue weighted by atomic mass is 32.2. The van der Waals surface area contributed by atoms with Gasteiger partial charge in [0.05, 0.1) is 22.9 Å². The number of hydrogen-bond donors (Lipinski definition) is 2. The number of para-hydroxylation sites is 1. The standard InChI is InChI=1S/C24H33N3O6S2/c1-19-8-6-7-11-23(19)26-34(29,30)21-12-14-22(15-13-21)35(31,32)27(16-17-33-2)18-24(28)25-20-9-4-3-5-10-20/h3-5,9-10,12-15,19,23,26H,6-8,11,16-18H2,1-2H3,(H,25,28)/t19-,23+/m1/s1. The van der Waals surface area contributed by atoms with Gasteiger partial charge in [-0.05, 0) is 55.2 Å². The van der Waals surface area contributed by atoms with Crippen molar-refractivity contribution < 1.29 is 26.4 Å². The molecular formula is C24H33N3O6S2. The predicted octanol–water partition coefficient (Wildman–Crippen LogP) is 2.82. The zero-order valence-electron chi connectivity index (χ0n) is 20.0. The monoisotopic (exact) mass is 523 g/mol. The van der Waals surface area contributed by atoms with E-state index in [0.717, 1.165) is 30.0 Å². The van der Waals surface area contributed by atoms with Gasteiger partial charge in [-0.2, -0.15) is 4.31 Å². The SMILES string of the molecule is COCCN(CC(=O)Nc1ccccc1)S(=O)(=O)c1ccc(S(=O)(=O)N[C@H]2CCCC[C@H]2C)cc1. The van der Waals surface area contributed by atoms with Crippen molar-refractivity contribution >= 4 is 31.6 Å². The first-order valence-corrected chi connectivity index (χ1v) is 14.5. The Labute approximate surface area is 208 Å². The number of sulfonamides is 2. The molecule has 0 unspecified atom stereocenters. The van der Waals surface area contributed by atoms with Crippen molar-refractivity contribution in [3.63, 3.8) is 0 Å². The molecule has 2 atom stereocenters. The summed E-state index contributed by atoms with van der Waals surface area (Å²) < 4.78 is 61.1. The molecule has 2 aromatic rings. The van der Waals surface area contributed by atoms with Crippen molar-refractivity contribution in [1.29, 1.82) is 0 Å². The summed E-state index contributed by atoms with van der Waals surface area (Å²) in [4.78, 5) is 12.4. The summed E-state index contributed by atoms with van der Waals surface area (Å²) in [5, 5.41) is 2.67. The van der Waals surface area contributed by atoms with Crippen molar-refractivity contribution in [2.75, 3.05) is 32.1 Å².